The van der Waals surface area contributed by atoms with E-state index in [1.165, 1.54) is 10.4 Å². The second kappa shape index (κ2) is 8.84. The number of carbonyl (C=O) groups excluding carboxylic acids is 1. The fraction of sp³-hybridized carbons (Fsp3) is 0.609. The molecule has 31 heavy (non-hydrogen) atoms. The number of aromatic nitrogens is 2. The Bertz CT molecular complexity index is 1000. The van der Waals surface area contributed by atoms with Gasteiger partial charge in [0, 0.05) is 56.5 Å². The van der Waals surface area contributed by atoms with Gasteiger partial charge in [0.1, 0.15) is 11.9 Å². The maximum Gasteiger partial charge on any atom is 0.255 e. The smallest absolute Gasteiger partial charge is 0.255 e. The first-order valence-electron chi connectivity index (χ1n) is 11.4. The molecule has 5 heterocycles. The molecule has 0 radical (unpaired) electrons. The molecule has 5 rings (SSSR count). The molecule has 3 aliphatic rings. The van der Waals surface area contributed by atoms with Gasteiger partial charge in [0.2, 0.25) is 0 Å². The Hall–Kier alpha value is -2.03. The molecule has 0 bridgehead atoms. The van der Waals surface area contributed by atoms with Crippen LogP contribution in [0.2, 0.25) is 0 Å². The number of aromatic amines is 1. The maximum absolute atomic E-state index is 12.9. The summed E-state index contributed by atoms with van der Waals surface area (Å²) in [4.78, 5) is 39.0. The van der Waals surface area contributed by atoms with E-state index in [1.807, 2.05) is 4.90 Å². The van der Waals surface area contributed by atoms with Gasteiger partial charge >= 0.3 is 0 Å². The molecule has 1 amide bonds. The predicted molar refractivity (Wildman–Crippen MR) is 119 cm³/mol. The lowest BCUT2D eigenvalue weighted by Gasteiger charge is -2.33. The number of aryl methyl sites for hydroxylation is 1. The highest BCUT2D eigenvalue weighted by Crippen LogP contribution is 2.28. The molecular formula is C23H30N4O3S. The summed E-state index contributed by atoms with van der Waals surface area (Å²) in [7, 11) is 0. The SMILES string of the molecule is Cc1cc(CN2CCc3nc(C4CCN(C(=O)C5CCCO5)CC4)[nH]c(=O)c3C2)cs1. The average Bonchev–Trinajstić information content (AvgIpc) is 3.46. The number of nitrogens with one attached hydrogen (secondary N) is 1. The summed E-state index contributed by atoms with van der Waals surface area (Å²) in [5, 5.41) is 2.20. The molecule has 0 aliphatic carbocycles. The van der Waals surface area contributed by atoms with Gasteiger partial charge in [0.25, 0.3) is 11.5 Å². The minimum atomic E-state index is -0.251. The molecule has 2 fully saturated rings. The van der Waals surface area contributed by atoms with E-state index in [4.69, 9.17) is 9.72 Å². The third kappa shape index (κ3) is 4.47. The molecule has 1 unspecified atom stereocenters. The summed E-state index contributed by atoms with van der Waals surface area (Å²) in [5.41, 5.74) is 3.09. The molecule has 1 N–H and O–H groups in total. The van der Waals surface area contributed by atoms with Gasteiger partial charge in [0.15, 0.2) is 0 Å². The first kappa shape index (κ1) is 20.8. The predicted octanol–water partition coefficient (Wildman–Crippen LogP) is 2.58. The Morgan fingerprint density at radius 2 is 2.13 bits per heavy atom. The van der Waals surface area contributed by atoms with Gasteiger partial charge < -0.3 is 14.6 Å². The number of rotatable bonds is 4. The number of hydrogen-bond acceptors (Lipinski definition) is 6. The number of carbonyl (C=O) groups is 1. The van der Waals surface area contributed by atoms with E-state index >= 15 is 0 Å². The number of ether oxygens (including phenoxy) is 1. The Kier molecular flexibility index (Phi) is 5.95. The number of likely N-dealkylation sites (tertiary alicyclic amines) is 1. The fourth-order valence-electron chi connectivity index (χ4n) is 5.02. The number of hydrogen-bond donors (Lipinski definition) is 1. The Morgan fingerprint density at radius 3 is 2.84 bits per heavy atom. The number of H-pyrrole nitrogens is 1. The highest BCUT2D eigenvalue weighted by atomic mass is 32.1. The quantitative estimate of drug-likeness (QED) is 0.788. The average molecular weight is 443 g/mol. The Labute approximate surface area is 186 Å². The molecule has 2 aromatic heterocycles. The maximum atomic E-state index is 12.9. The zero-order chi connectivity index (χ0) is 21.4. The van der Waals surface area contributed by atoms with Gasteiger partial charge in [-0.1, -0.05) is 0 Å². The summed E-state index contributed by atoms with van der Waals surface area (Å²) in [6, 6.07) is 2.22. The number of thiophene rings is 1. The van der Waals surface area contributed by atoms with Gasteiger partial charge in [-0.15, -0.1) is 11.3 Å². The first-order chi connectivity index (χ1) is 15.1. The number of amides is 1. The van der Waals surface area contributed by atoms with Gasteiger partial charge in [-0.05, 0) is 49.6 Å². The highest BCUT2D eigenvalue weighted by Gasteiger charge is 2.32. The largest absolute Gasteiger partial charge is 0.368 e. The number of nitrogens with zero attached hydrogens (tertiary/aromatic N) is 3. The van der Waals surface area contributed by atoms with Crippen LogP contribution in [-0.2, 0) is 29.0 Å². The second-order valence-electron chi connectivity index (χ2n) is 9.00. The van der Waals surface area contributed by atoms with Crippen molar-refractivity contribution in [2.75, 3.05) is 26.2 Å². The Balaban J connectivity index is 1.23. The van der Waals surface area contributed by atoms with E-state index in [2.05, 4.69) is 28.3 Å². The molecule has 0 spiro atoms. The van der Waals surface area contributed by atoms with Crippen molar-refractivity contribution in [2.45, 2.75) is 64.1 Å². The minimum Gasteiger partial charge on any atom is -0.368 e. The van der Waals surface area contributed by atoms with Crippen LogP contribution in [0.5, 0.6) is 0 Å². The lowest BCUT2D eigenvalue weighted by Crippen LogP contribution is -2.43. The van der Waals surface area contributed by atoms with Crippen LogP contribution in [0.4, 0.5) is 0 Å². The van der Waals surface area contributed by atoms with Gasteiger partial charge in [-0.2, -0.15) is 0 Å². The number of fused-ring (bicyclic) bond motifs is 1. The monoisotopic (exact) mass is 442 g/mol. The van der Waals surface area contributed by atoms with Crippen molar-refractivity contribution < 1.29 is 9.53 Å². The zero-order valence-electron chi connectivity index (χ0n) is 18.1. The highest BCUT2D eigenvalue weighted by molar-refractivity contribution is 7.10. The molecular weight excluding hydrogens is 412 g/mol. The standard InChI is InChI=1S/C23H30N4O3S/c1-15-11-16(14-31-15)12-26-7-6-19-18(13-26)22(28)25-21(24-19)17-4-8-27(9-5-17)23(29)20-3-2-10-30-20/h11,14,17,20H,2-10,12-13H2,1H3,(H,24,25,28). The summed E-state index contributed by atoms with van der Waals surface area (Å²) in [5.74, 6) is 1.14. The zero-order valence-corrected chi connectivity index (χ0v) is 18.9. The molecule has 2 saturated heterocycles. The molecule has 3 aliphatic heterocycles. The topological polar surface area (TPSA) is 78.5 Å². The summed E-state index contributed by atoms with van der Waals surface area (Å²) in [6.07, 6.45) is 4.04. The molecule has 1 atom stereocenters. The van der Waals surface area contributed by atoms with Crippen molar-refractivity contribution in [3.63, 3.8) is 0 Å². The van der Waals surface area contributed by atoms with Crippen molar-refractivity contribution in [1.29, 1.82) is 0 Å². The molecule has 0 aromatic carbocycles. The van der Waals surface area contributed by atoms with E-state index in [1.54, 1.807) is 11.3 Å². The van der Waals surface area contributed by atoms with E-state index in [9.17, 15) is 9.59 Å². The van der Waals surface area contributed by atoms with E-state index < -0.39 is 0 Å². The van der Waals surface area contributed by atoms with E-state index in [0.717, 1.165) is 62.3 Å². The van der Waals surface area contributed by atoms with Gasteiger partial charge in [-0.25, -0.2) is 4.98 Å². The fourth-order valence-corrected chi connectivity index (χ4v) is 5.72. The van der Waals surface area contributed by atoms with Crippen LogP contribution in [0.25, 0.3) is 0 Å². The summed E-state index contributed by atoms with van der Waals surface area (Å²) in [6.45, 7) is 6.68. The lowest BCUT2D eigenvalue weighted by molar-refractivity contribution is -0.142. The normalized spacial score (nSPS) is 22.6. The molecule has 2 aromatic rings. The van der Waals surface area contributed by atoms with E-state index in [-0.39, 0.29) is 23.5 Å². The van der Waals surface area contributed by atoms with Crippen molar-refractivity contribution >= 4 is 17.2 Å². The van der Waals surface area contributed by atoms with Crippen LogP contribution < -0.4 is 5.56 Å². The van der Waals surface area contributed by atoms with Gasteiger partial charge in [-0.3, -0.25) is 14.5 Å². The molecule has 166 valence electrons. The van der Waals surface area contributed by atoms with Crippen LogP contribution in [0, 0.1) is 6.92 Å². The van der Waals surface area contributed by atoms with Crippen LogP contribution in [0.3, 0.4) is 0 Å². The number of piperidine rings is 1. The van der Waals surface area contributed by atoms with Crippen LogP contribution >= 0.6 is 11.3 Å². The van der Waals surface area contributed by atoms with Crippen LogP contribution in [-0.4, -0.2) is 58.0 Å². The third-order valence-corrected chi connectivity index (χ3v) is 7.67. The first-order valence-corrected chi connectivity index (χ1v) is 12.2. The molecule has 8 heteroatoms. The van der Waals surface area contributed by atoms with Gasteiger partial charge in [0.05, 0.1) is 11.3 Å². The van der Waals surface area contributed by atoms with Crippen molar-refractivity contribution in [3.05, 3.63) is 49.3 Å². The Morgan fingerprint density at radius 1 is 1.29 bits per heavy atom. The van der Waals surface area contributed by atoms with Crippen LogP contribution in [0.15, 0.2) is 16.2 Å². The van der Waals surface area contributed by atoms with Crippen molar-refractivity contribution in [2.24, 2.45) is 0 Å². The summed E-state index contributed by atoms with van der Waals surface area (Å²) < 4.78 is 5.55. The van der Waals surface area contributed by atoms with E-state index in [0.29, 0.717) is 26.2 Å². The lowest BCUT2D eigenvalue weighted by atomic mass is 9.94. The summed E-state index contributed by atoms with van der Waals surface area (Å²) >= 11 is 1.77. The van der Waals surface area contributed by atoms with Crippen LogP contribution in [0.1, 0.15) is 59.1 Å². The molecule has 7 nitrogen and oxygen atoms in total. The van der Waals surface area contributed by atoms with Crippen molar-refractivity contribution in [3.8, 4) is 0 Å². The molecule has 0 saturated carbocycles. The minimum absolute atomic E-state index is 0.00376. The second-order valence-corrected chi connectivity index (χ2v) is 10.1. The van der Waals surface area contributed by atoms with Crippen molar-refractivity contribution in [1.82, 2.24) is 19.8 Å². The third-order valence-electron chi connectivity index (χ3n) is 6.76.